The lowest BCUT2D eigenvalue weighted by molar-refractivity contribution is 0.0716. The molecule has 1 amide bonds. The highest BCUT2D eigenvalue weighted by molar-refractivity contribution is 9.09. The van der Waals surface area contributed by atoms with Crippen LogP contribution in [0, 0.1) is 6.92 Å². The summed E-state index contributed by atoms with van der Waals surface area (Å²) >= 11 is 3.32. The lowest BCUT2D eigenvalue weighted by Crippen LogP contribution is -2.35. The van der Waals surface area contributed by atoms with E-state index in [2.05, 4.69) is 21.1 Å². The van der Waals surface area contributed by atoms with Crippen molar-refractivity contribution in [1.29, 1.82) is 0 Å². The van der Waals surface area contributed by atoms with Gasteiger partial charge in [-0.1, -0.05) is 21.1 Å². The van der Waals surface area contributed by atoms with Crippen LogP contribution < -0.4 is 0 Å². The molecular formula is C9H13BrN2O2. The van der Waals surface area contributed by atoms with Gasteiger partial charge in [-0.25, -0.2) is 0 Å². The number of carbonyl (C=O) groups is 1. The fourth-order valence-electron chi connectivity index (χ4n) is 0.942. The highest BCUT2D eigenvalue weighted by Crippen LogP contribution is 2.09. The summed E-state index contributed by atoms with van der Waals surface area (Å²) in [6, 6.07) is 1.77. The van der Waals surface area contributed by atoms with E-state index in [9.17, 15) is 4.79 Å². The quantitative estimate of drug-likeness (QED) is 0.780. The summed E-state index contributed by atoms with van der Waals surface area (Å²) in [4.78, 5) is 13.3. The number of nitrogens with zero attached hydrogens (tertiary/aromatic N) is 2. The third-order valence-corrected chi connectivity index (χ3v) is 2.98. The molecule has 1 aromatic heterocycles. The molecule has 1 aromatic rings. The number of halogens is 1. The minimum atomic E-state index is -0.141. The van der Waals surface area contributed by atoms with Crippen LogP contribution in [-0.2, 0) is 0 Å². The van der Waals surface area contributed by atoms with Crippen molar-refractivity contribution in [3.8, 4) is 0 Å². The lowest BCUT2D eigenvalue weighted by atomic mass is 10.3. The van der Waals surface area contributed by atoms with E-state index in [0.717, 1.165) is 5.33 Å². The first-order chi connectivity index (χ1) is 6.56. The summed E-state index contributed by atoms with van der Waals surface area (Å²) in [6.07, 6.45) is 0. The molecule has 0 N–H and O–H groups in total. The van der Waals surface area contributed by atoms with Crippen LogP contribution in [0.4, 0.5) is 0 Å². The van der Waals surface area contributed by atoms with E-state index in [1.807, 2.05) is 6.92 Å². The van der Waals surface area contributed by atoms with Crippen LogP contribution in [-0.4, -0.2) is 34.4 Å². The van der Waals surface area contributed by atoms with Crippen molar-refractivity contribution in [2.24, 2.45) is 0 Å². The van der Waals surface area contributed by atoms with Crippen LogP contribution in [0.15, 0.2) is 10.6 Å². The number of aryl methyl sites for hydroxylation is 1. The number of hydrogen-bond donors (Lipinski definition) is 0. The van der Waals surface area contributed by atoms with Gasteiger partial charge in [0.15, 0.2) is 0 Å². The van der Waals surface area contributed by atoms with Crippen molar-refractivity contribution < 1.29 is 9.32 Å². The summed E-state index contributed by atoms with van der Waals surface area (Å²) in [5.41, 5.74) is 0.716. The van der Waals surface area contributed by atoms with Gasteiger partial charge in [-0.05, 0) is 13.8 Å². The molecule has 78 valence electrons. The normalized spacial score (nSPS) is 12.6. The standard InChI is InChI=1S/C9H13BrN2O2/c1-6-4-8(14-11-6)9(13)12(3)7(2)5-10/h4,7H,5H2,1-3H3. The number of alkyl halides is 1. The van der Waals surface area contributed by atoms with Gasteiger partial charge in [0.2, 0.25) is 5.76 Å². The van der Waals surface area contributed by atoms with E-state index in [0.29, 0.717) is 5.69 Å². The van der Waals surface area contributed by atoms with Gasteiger partial charge in [-0.2, -0.15) is 0 Å². The van der Waals surface area contributed by atoms with Crippen molar-refractivity contribution in [2.75, 3.05) is 12.4 Å². The van der Waals surface area contributed by atoms with E-state index >= 15 is 0 Å². The Kier molecular flexibility index (Phi) is 3.69. The molecule has 0 aliphatic heterocycles. The summed E-state index contributed by atoms with van der Waals surface area (Å²) in [6.45, 7) is 3.74. The minimum Gasteiger partial charge on any atom is -0.351 e. The first kappa shape index (κ1) is 11.2. The zero-order chi connectivity index (χ0) is 10.7. The van der Waals surface area contributed by atoms with E-state index < -0.39 is 0 Å². The van der Waals surface area contributed by atoms with Gasteiger partial charge in [0.05, 0.1) is 5.69 Å². The summed E-state index contributed by atoms with van der Waals surface area (Å²) in [5.74, 6) is 0.148. The lowest BCUT2D eigenvalue weighted by Gasteiger charge is -2.21. The van der Waals surface area contributed by atoms with Crippen molar-refractivity contribution >= 4 is 21.8 Å². The summed E-state index contributed by atoms with van der Waals surface area (Å²) in [5, 5.41) is 4.41. The SMILES string of the molecule is Cc1cc(C(=O)N(C)C(C)CBr)on1. The molecule has 0 saturated carbocycles. The molecule has 0 saturated heterocycles. The second-order valence-electron chi connectivity index (χ2n) is 3.25. The smallest absolute Gasteiger partial charge is 0.292 e. The molecule has 0 fully saturated rings. The third-order valence-electron chi connectivity index (χ3n) is 2.04. The Balaban J connectivity index is 2.75. The summed E-state index contributed by atoms with van der Waals surface area (Å²) in [7, 11) is 1.74. The van der Waals surface area contributed by atoms with Crippen molar-refractivity contribution in [3.05, 3.63) is 17.5 Å². The molecule has 1 heterocycles. The second kappa shape index (κ2) is 4.59. The topological polar surface area (TPSA) is 46.3 Å². The number of rotatable bonds is 3. The van der Waals surface area contributed by atoms with E-state index in [1.165, 1.54) is 0 Å². The maximum atomic E-state index is 11.7. The van der Waals surface area contributed by atoms with Crippen molar-refractivity contribution in [3.63, 3.8) is 0 Å². The highest BCUT2D eigenvalue weighted by Gasteiger charge is 2.20. The monoisotopic (exact) mass is 260 g/mol. The van der Waals surface area contributed by atoms with E-state index in [-0.39, 0.29) is 17.7 Å². The zero-order valence-electron chi connectivity index (χ0n) is 8.45. The van der Waals surface area contributed by atoms with Gasteiger partial charge < -0.3 is 9.42 Å². The number of amides is 1. The van der Waals surface area contributed by atoms with E-state index in [4.69, 9.17) is 4.52 Å². The average Bonchev–Trinajstić information content (AvgIpc) is 2.61. The Labute approximate surface area is 91.4 Å². The van der Waals surface area contributed by atoms with Gasteiger partial charge in [0, 0.05) is 24.5 Å². The zero-order valence-corrected chi connectivity index (χ0v) is 10.0. The highest BCUT2D eigenvalue weighted by atomic mass is 79.9. The third kappa shape index (κ3) is 2.35. The molecule has 0 aliphatic carbocycles. The molecule has 5 heteroatoms. The molecule has 0 radical (unpaired) electrons. The van der Waals surface area contributed by atoms with Crippen LogP contribution in [0.1, 0.15) is 23.2 Å². The largest absolute Gasteiger partial charge is 0.351 e. The number of hydrogen-bond acceptors (Lipinski definition) is 3. The predicted molar refractivity (Wildman–Crippen MR) is 56.6 cm³/mol. The Morgan fingerprint density at radius 2 is 2.43 bits per heavy atom. The molecule has 1 atom stereocenters. The Morgan fingerprint density at radius 3 is 2.86 bits per heavy atom. The molecule has 0 aromatic carbocycles. The predicted octanol–water partition coefficient (Wildman–Crippen LogP) is 1.84. The first-order valence-electron chi connectivity index (χ1n) is 4.32. The fraction of sp³-hybridized carbons (Fsp3) is 0.556. The Bertz CT molecular complexity index is 324. The molecule has 1 unspecified atom stereocenters. The van der Waals surface area contributed by atoms with Crippen LogP contribution >= 0.6 is 15.9 Å². The van der Waals surface area contributed by atoms with Gasteiger partial charge in [0.1, 0.15) is 0 Å². The van der Waals surface area contributed by atoms with Gasteiger partial charge in [-0.3, -0.25) is 4.79 Å². The molecule has 0 spiro atoms. The second-order valence-corrected chi connectivity index (χ2v) is 3.90. The Morgan fingerprint density at radius 1 is 1.79 bits per heavy atom. The van der Waals surface area contributed by atoms with Crippen LogP contribution in [0.2, 0.25) is 0 Å². The molecular weight excluding hydrogens is 248 g/mol. The van der Waals surface area contributed by atoms with Crippen LogP contribution in [0.3, 0.4) is 0 Å². The average molecular weight is 261 g/mol. The van der Waals surface area contributed by atoms with E-state index in [1.54, 1.807) is 24.9 Å². The Hall–Kier alpha value is -0.840. The summed E-state index contributed by atoms with van der Waals surface area (Å²) < 4.78 is 4.89. The molecule has 0 bridgehead atoms. The maximum Gasteiger partial charge on any atom is 0.292 e. The van der Waals surface area contributed by atoms with Crippen LogP contribution in [0.5, 0.6) is 0 Å². The molecule has 4 nitrogen and oxygen atoms in total. The first-order valence-corrected chi connectivity index (χ1v) is 5.45. The number of carbonyl (C=O) groups excluding carboxylic acids is 1. The minimum absolute atomic E-state index is 0.132. The van der Waals surface area contributed by atoms with Gasteiger partial charge in [0.25, 0.3) is 5.91 Å². The fourth-order valence-corrected chi connectivity index (χ4v) is 1.38. The van der Waals surface area contributed by atoms with Gasteiger partial charge in [-0.15, -0.1) is 0 Å². The van der Waals surface area contributed by atoms with Crippen molar-refractivity contribution in [1.82, 2.24) is 10.1 Å². The number of aromatic nitrogens is 1. The molecule has 1 rings (SSSR count). The van der Waals surface area contributed by atoms with Crippen LogP contribution in [0.25, 0.3) is 0 Å². The molecule has 14 heavy (non-hydrogen) atoms. The van der Waals surface area contributed by atoms with Crippen molar-refractivity contribution in [2.45, 2.75) is 19.9 Å². The molecule has 0 aliphatic rings. The maximum absolute atomic E-state index is 11.7. The van der Waals surface area contributed by atoms with Gasteiger partial charge >= 0.3 is 0 Å².